The van der Waals surface area contributed by atoms with Gasteiger partial charge in [-0.2, -0.15) is 0 Å². The first-order chi connectivity index (χ1) is 5.56. The molecule has 2 N–H and O–H groups in total. The fraction of sp³-hybridized carbons (Fsp3) is 0.833. The molecule has 6 heteroatoms. The summed E-state index contributed by atoms with van der Waals surface area (Å²) in [5, 5.41) is 0. The summed E-state index contributed by atoms with van der Waals surface area (Å²) in [6.45, 7) is 1.87. The Kier molecular flexibility index (Phi) is 2.94. The molecule has 0 aromatic carbocycles. The van der Waals surface area contributed by atoms with Gasteiger partial charge in [-0.1, -0.05) is 6.92 Å². The number of carbonyl (C=O) groups is 1. The molecular weight excluding hydrogens is 184 g/mol. The van der Waals surface area contributed by atoms with E-state index in [-0.39, 0.29) is 13.0 Å². The second-order valence-corrected chi connectivity index (χ2v) is 4.26. The van der Waals surface area contributed by atoms with Crippen molar-refractivity contribution in [3.05, 3.63) is 0 Å². The van der Waals surface area contributed by atoms with E-state index < -0.39 is 22.3 Å². The third-order valence-corrected chi connectivity index (χ3v) is 3.03. The van der Waals surface area contributed by atoms with Crippen molar-refractivity contribution in [2.45, 2.75) is 25.2 Å². The lowest BCUT2D eigenvalue weighted by atomic mass is 10.4. The van der Waals surface area contributed by atoms with Gasteiger partial charge in [0.25, 0.3) is 0 Å². The van der Waals surface area contributed by atoms with Crippen molar-refractivity contribution in [3.8, 4) is 0 Å². The van der Waals surface area contributed by atoms with Crippen LogP contribution < -0.4 is 0 Å². The van der Waals surface area contributed by atoms with Gasteiger partial charge < -0.3 is 13.8 Å². The van der Waals surface area contributed by atoms with E-state index in [1.54, 1.807) is 6.92 Å². The number of hydrogen-bond acceptors (Lipinski definition) is 5. The lowest BCUT2D eigenvalue weighted by Crippen LogP contribution is -2.19. The highest BCUT2D eigenvalue weighted by atomic mass is 32.3. The van der Waals surface area contributed by atoms with Crippen LogP contribution in [0.5, 0.6) is 0 Å². The molecule has 1 atom stereocenters. The molecule has 0 amide bonds. The molecule has 0 aromatic rings. The van der Waals surface area contributed by atoms with Crippen LogP contribution in [-0.2, 0) is 13.7 Å². The van der Waals surface area contributed by atoms with Crippen LogP contribution in [0.3, 0.4) is 0 Å². The normalized spacial score (nSPS) is 29.8. The van der Waals surface area contributed by atoms with Crippen molar-refractivity contribution in [1.29, 1.82) is 0 Å². The predicted molar refractivity (Wildman–Crippen MR) is 43.6 cm³/mol. The molecule has 0 aromatic heterocycles. The molecule has 0 aliphatic carbocycles. The summed E-state index contributed by atoms with van der Waals surface area (Å²) < 4.78 is 27.6. The van der Waals surface area contributed by atoms with Crippen LogP contribution in [0.4, 0.5) is 0 Å². The van der Waals surface area contributed by atoms with Gasteiger partial charge in [0.15, 0.2) is 0 Å². The summed E-state index contributed by atoms with van der Waals surface area (Å²) in [7, 11) is -3.14. The molecule has 1 rings (SSSR count). The molecule has 1 aliphatic rings. The van der Waals surface area contributed by atoms with Crippen molar-refractivity contribution < 1.29 is 22.8 Å². The van der Waals surface area contributed by atoms with Gasteiger partial charge in [0, 0.05) is 12.8 Å². The van der Waals surface area contributed by atoms with E-state index in [4.69, 9.17) is 13.8 Å². The molecule has 0 bridgehead atoms. The van der Waals surface area contributed by atoms with Crippen LogP contribution >= 0.6 is 10.9 Å². The molecule has 1 aliphatic heterocycles. The lowest BCUT2D eigenvalue weighted by Gasteiger charge is -2.25. The Balaban J connectivity index is 2.47. The van der Waals surface area contributed by atoms with Crippen molar-refractivity contribution in [2.75, 3.05) is 6.61 Å². The standard InChI is InChI=1S/C6H12O5S/c1-2-5(7)11-6-3-4-10-12(6,8)9/h6,8-9H,2-4H2,1H3. The lowest BCUT2D eigenvalue weighted by molar-refractivity contribution is -0.145. The minimum Gasteiger partial charge on any atom is -0.446 e. The number of carbonyl (C=O) groups excluding carboxylic acids is 1. The average molecular weight is 196 g/mol. The van der Waals surface area contributed by atoms with Crippen LogP contribution in [0, 0.1) is 0 Å². The number of esters is 1. The molecular formula is C6H12O5S. The Labute approximate surface area is 72.2 Å². The number of rotatable bonds is 2. The summed E-state index contributed by atoms with van der Waals surface area (Å²) in [6, 6.07) is 0. The molecule has 5 nitrogen and oxygen atoms in total. The second kappa shape index (κ2) is 3.61. The summed E-state index contributed by atoms with van der Waals surface area (Å²) in [6.07, 6.45) is 0.583. The molecule has 0 spiro atoms. The Morgan fingerprint density at radius 1 is 1.75 bits per heavy atom. The van der Waals surface area contributed by atoms with Gasteiger partial charge in [-0.3, -0.25) is 8.98 Å². The summed E-state index contributed by atoms with van der Waals surface area (Å²) in [4.78, 5) is 10.8. The Hall–Kier alpha value is -0.300. The quantitative estimate of drug-likeness (QED) is 0.652. The first-order valence-electron chi connectivity index (χ1n) is 3.67. The van der Waals surface area contributed by atoms with Gasteiger partial charge in [-0.25, -0.2) is 0 Å². The fourth-order valence-corrected chi connectivity index (χ4v) is 1.98. The van der Waals surface area contributed by atoms with Gasteiger partial charge in [-0.15, -0.1) is 0 Å². The van der Waals surface area contributed by atoms with Crippen molar-refractivity contribution in [2.24, 2.45) is 0 Å². The topological polar surface area (TPSA) is 76.0 Å². The van der Waals surface area contributed by atoms with E-state index in [0.717, 1.165) is 0 Å². The van der Waals surface area contributed by atoms with Crippen LogP contribution in [0.2, 0.25) is 0 Å². The molecule has 1 unspecified atom stereocenters. The minimum atomic E-state index is -3.14. The van der Waals surface area contributed by atoms with Gasteiger partial charge in [0.1, 0.15) is 10.9 Å². The SMILES string of the molecule is CCC(=O)OC1CCOS1(O)O. The van der Waals surface area contributed by atoms with Gasteiger partial charge >= 0.3 is 5.97 Å². The van der Waals surface area contributed by atoms with E-state index in [9.17, 15) is 4.79 Å². The molecule has 1 fully saturated rings. The third kappa shape index (κ3) is 2.10. The first kappa shape index (κ1) is 9.79. The largest absolute Gasteiger partial charge is 0.446 e. The molecule has 1 saturated heterocycles. The zero-order chi connectivity index (χ0) is 9.19. The average Bonchev–Trinajstić information content (AvgIpc) is 2.31. The maximum absolute atomic E-state index is 10.8. The van der Waals surface area contributed by atoms with E-state index >= 15 is 0 Å². The highest BCUT2D eigenvalue weighted by Gasteiger charge is 2.39. The van der Waals surface area contributed by atoms with Crippen LogP contribution in [0.25, 0.3) is 0 Å². The van der Waals surface area contributed by atoms with Gasteiger partial charge in [0.05, 0.1) is 6.61 Å². The number of ether oxygens (including phenoxy) is 1. The first-order valence-corrected chi connectivity index (χ1v) is 5.20. The van der Waals surface area contributed by atoms with Crippen LogP contribution in [-0.4, -0.2) is 27.1 Å². The predicted octanol–water partition coefficient (Wildman–Crippen LogP) is 1.35. The van der Waals surface area contributed by atoms with Gasteiger partial charge in [0.2, 0.25) is 5.44 Å². The van der Waals surface area contributed by atoms with Crippen LogP contribution in [0.1, 0.15) is 19.8 Å². The zero-order valence-corrected chi connectivity index (χ0v) is 7.54. The number of hydrogen-bond donors (Lipinski definition) is 2. The Bertz CT molecular complexity index is 181. The Morgan fingerprint density at radius 2 is 2.42 bits per heavy atom. The van der Waals surface area contributed by atoms with E-state index in [2.05, 4.69) is 4.18 Å². The van der Waals surface area contributed by atoms with Gasteiger partial charge in [-0.05, 0) is 0 Å². The van der Waals surface area contributed by atoms with Crippen molar-refractivity contribution in [3.63, 3.8) is 0 Å². The summed E-state index contributed by atoms with van der Waals surface area (Å²) in [5.41, 5.74) is -0.870. The monoisotopic (exact) mass is 196 g/mol. The molecule has 0 radical (unpaired) electrons. The fourth-order valence-electron chi connectivity index (χ4n) is 0.848. The van der Waals surface area contributed by atoms with E-state index in [1.165, 1.54) is 0 Å². The zero-order valence-electron chi connectivity index (χ0n) is 6.73. The minimum absolute atomic E-state index is 0.226. The summed E-state index contributed by atoms with van der Waals surface area (Å²) >= 11 is 0. The molecule has 1 heterocycles. The highest BCUT2D eigenvalue weighted by molar-refractivity contribution is 8.20. The van der Waals surface area contributed by atoms with Crippen molar-refractivity contribution >= 4 is 16.8 Å². The maximum Gasteiger partial charge on any atom is 0.306 e. The van der Waals surface area contributed by atoms with E-state index in [0.29, 0.717) is 6.42 Å². The smallest absolute Gasteiger partial charge is 0.306 e. The van der Waals surface area contributed by atoms with E-state index in [1.807, 2.05) is 0 Å². The molecule has 72 valence electrons. The van der Waals surface area contributed by atoms with Crippen LogP contribution in [0.15, 0.2) is 0 Å². The maximum atomic E-state index is 10.8. The second-order valence-electron chi connectivity index (χ2n) is 2.42. The molecule has 12 heavy (non-hydrogen) atoms. The Morgan fingerprint density at radius 3 is 2.83 bits per heavy atom. The van der Waals surface area contributed by atoms with Crippen molar-refractivity contribution in [1.82, 2.24) is 0 Å². The highest BCUT2D eigenvalue weighted by Crippen LogP contribution is 2.52. The third-order valence-electron chi connectivity index (χ3n) is 1.50. The molecule has 0 saturated carbocycles. The summed E-state index contributed by atoms with van der Waals surface area (Å²) in [5.74, 6) is -0.439.